The van der Waals surface area contributed by atoms with Gasteiger partial charge in [-0.15, -0.1) is 23.2 Å². The van der Waals surface area contributed by atoms with Crippen LogP contribution in [0.1, 0.15) is 34.7 Å². The summed E-state index contributed by atoms with van der Waals surface area (Å²) in [7, 11) is 0. The van der Waals surface area contributed by atoms with Crippen molar-refractivity contribution in [1.29, 1.82) is 0 Å². The lowest BCUT2D eigenvalue weighted by Gasteiger charge is -2.19. The maximum atomic E-state index is 15.0. The maximum absolute atomic E-state index is 15.0. The normalized spacial score (nSPS) is 17.2. The molecule has 0 bridgehead atoms. The first-order valence-electron chi connectivity index (χ1n) is 13.2. The fourth-order valence-corrected chi connectivity index (χ4v) is 5.91. The number of halogens is 12. The van der Waals surface area contributed by atoms with E-state index in [9.17, 15) is 40.7 Å². The zero-order chi connectivity index (χ0) is 35.1. The first-order valence-corrected chi connectivity index (χ1v) is 15.1. The molecule has 3 N–H and O–H groups in total. The number of alkyl halides is 7. The lowest BCUT2D eigenvalue weighted by Crippen LogP contribution is -2.37. The second-order valence-electron chi connectivity index (χ2n) is 10.3. The van der Waals surface area contributed by atoms with Crippen LogP contribution >= 0.6 is 58.0 Å². The van der Waals surface area contributed by atoms with Crippen LogP contribution in [0.25, 0.3) is 0 Å². The Balaban J connectivity index is 1.42. The van der Waals surface area contributed by atoms with Gasteiger partial charge in [0.2, 0.25) is 5.91 Å². The van der Waals surface area contributed by atoms with Crippen LogP contribution in [0.2, 0.25) is 15.1 Å². The van der Waals surface area contributed by atoms with Crippen molar-refractivity contribution in [2.24, 2.45) is 5.92 Å². The molecule has 47 heavy (non-hydrogen) atoms. The van der Waals surface area contributed by atoms with E-state index in [1.807, 2.05) is 0 Å². The number of hydrogen-bond acceptors (Lipinski definition) is 4. The molecule has 3 aromatic carbocycles. The van der Waals surface area contributed by atoms with Crippen molar-refractivity contribution in [2.75, 3.05) is 22.5 Å². The van der Waals surface area contributed by atoms with Crippen molar-refractivity contribution < 1.29 is 45.1 Å². The molecular weight excluding hydrogens is 749 g/mol. The molecule has 18 heteroatoms. The Morgan fingerprint density at radius 3 is 2.13 bits per heavy atom. The lowest BCUT2D eigenvalue weighted by molar-refractivity contribution is -0.284. The summed E-state index contributed by atoms with van der Waals surface area (Å²) >= 11 is 30.9. The molecule has 4 rings (SSSR count). The Kier molecular flexibility index (Phi) is 10.9. The second kappa shape index (κ2) is 13.9. The highest BCUT2D eigenvalue weighted by atomic mass is 35.5. The van der Waals surface area contributed by atoms with Crippen molar-refractivity contribution in [3.63, 3.8) is 0 Å². The number of Topliss-reactive ketones (excluding diaryl/α,β-unsaturated/α-hetero) is 1. The fraction of sp³-hybridized carbons (Fsp3) is 0.276. The van der Waals surface area contributed by atoms with Crippen LogP contribution in [0.3, 0.4) is 0 Å². The Morgan fingerprint density at radius 1 is 0.830 bits per heavy atom. The van der Waals surface area contributed by atoms with Crippen LogP contribution in [0.4, 0.5) is 47.8 Å². The van der Waals surface area contributed by atoms with Crippen LogP contribution in [-0.2, 0) is 9.59 Å². The summed E-state index contributed by atoms with van der Waals surface area (Å²) in [6.45, 7) is -0.281. The van der Waals surface area contributed by atoms with Crippen molar-refractivity contribution in [2.45, 2.75) is 35.2 Å². The molecule has 0 unspecified atom stereocenters. The first-order chi connectivity index (χ1) is 21.7. The molecule has 0 radical (unpaired) electrons. The Morgan fingerprint density at radius 2 is 1.49 bits per heavy atom. The highest BCUT2D eigenvalue weighted by Gasteiger charge is 2.67. The number of carbonyl (C=O) groups is 3. The van der Waals surface area contributed by atoms with Crippen molar-refractivity contribution in [1.82, 2.24) is 0 Å². The largest absolute Gasteiger partial charge is 0.453 e. The summed E-state index contributed by atoms with van der Waals surface area (Å²) in [5.41, 5.74) is -1.31. The van der Waals surface area contributed by atoms with Crippen molar-refractivity contribution in [3.8, 4) is 0 Å². The molecule has 2 amide bonds. The van der Waals surface area contributed by atoms with Gasteiger partial charge in [0.1, 0.15) is 15.8 Å². The zero-order valence-electron chi connectivity index (χ0n) is 23.2. The van der Waals surface area contributed by atoms with E-state index in [0.29, 0.717) is 16.7 Å². The van der Waals surface area contributed by atoms with Crippen LogP contribution in [0.15, 0.2) is 48.5 Å². The lowest BCUT2D eigenvalue weighted by atomic mass is 10.1. The van der Waals surface area contributed by atoms with E-state index < -0.39 is 75.9 Å². The highest BCUT2D eigenvalue weighted by molar-refractivity contribution is 6.53. The maximum Gasteiger partial charge on any atom is 0.453 e. The summed E-state index contributed by atoms with van der Waals surface area (Å²) in [6, 6.07) is 10.1. The molecule has 252 valence electrons. The van der Waals surface area contributed by atoms with E-state index in [-0.39, 0.29) is 33.6 Å². The molecule has 1 fully saturated rings. The van der Waals surface area contributed by atoms with E-state index in [4.69, 9.17) is 58.0 Å². The number of hydrogen-bond donors (Lipinski definition) is 3. The van der Waals surface area contributed by atoms with E-state index in [1.54, 1.807) is 23.5 Å². The van der Waals surface area contributed by atoms with Gasteiger partial charge in [-0.05, 0) is 48.0 Å². The molecule has 0 aromatic heterocycles. The van der Waals surface area contributed by atoms with Gasteiger partial charge >= 0.3 is 12.1 Å². The molecule has 6 nitrogen and oxygen atoms in total. The summed E-state index contributed by atoms with van der Waals surface area (Å²) in [5.74, 6) is -12.5. The monoisotopic (exact) mass is 765 g/mol. The number of amides is 2. The van der Waals surface area contributed by atoms with Gasteiger partial charge in [-0.2, -0.15) is 22.0 Å². The Bertz CT molecular complexity index is 1740. The topological polar surface area (TPSA) is 87.3 Å². The van der Waals surface area contributed by atoms with E-state index in [2.05, 4.69) is 10.6 Å². The predicted molar refractivity (Wildman–Crippen MR) is 165 cm³/mol. The van der Waals surface area contributed by atoms with Gasteiger partial charge in [0.05, 0.1) is 38.8 Å². The molecule has 0 aliphatic heterocycles. The smallest absolute Gasteiger partial charge is 0.378 e. The zero-order valence-corrected chi connectivity index (χ0v) is 26.9. The van der Waals surface area contributed by atoms with E-state index in [0.717, 1.165) is 6.07 Å². The minimum Gasteiger partial charge on any atom is -0.378 e. The summed E-state index contributed by atoms with van der Waals surface area (Å²) in [4.78, 5) is 37.9. The number of benzene rings is 3. The molecule has 1 aliphatic rings. The standard InChI is InChI=1S/C29H19Cl5F7N3O3/c30-15-4-2-13(42-11-20(45)23-22(28(23,33)34)12-1-3-16(31)17(32)9-12)10-14(15)26(47)43-19-6-5-18(35)25(24(19)36)44-21(46)7-8-27(37,38)29(39,40)41/h1-6,9-10,22-23,42H,7-8,11H2,(H,43,47)(H,44,46)/t22-,23-/m0/s1. The molecule has 1 aliphatic carbocycles. The number of nitrogens with one attached hydrogen (secondary N) is 3. The third kappa shape index (κ3) is 8.19. The molecular formula is C29H19Cl5F7N3O3. The fourth-order valence-electron chi connectivity index (χ4n) is 4.52. The van der Waals surface area contributed by atoms with E-state index in [1.165, 1.54) is 18.2 Å². The quantitative estimate of drug-likeness (QED) is 0.134. The summed E-state index contributed by atoms with van der Waals surface area (Å²) in [5, 5.41) is 6.97. The minimum absolute atomic E-state index is 0.122. The number of rotatable bonds is 11. The number of ketones is 1. The van der Waals surface area contributed by atoms with Gasteiger partial charge in [0.15, 0.2) is 11.6 Å². The van der Waals surface area contributed by atoms with Crippen molar-refractivity contribution >= 4 is 92.7 Å². The molecule has 3 aromatic rings. The average Bonchev–Trinajstić information content (AvgIpc) is 3.57. The van der Waals surface area contributed by atoms with Crippen LogP contribution in [-0.4, -0.2) is 40.6 Å². The van der Waals surface area contributed by atoms with Crippen LogP contribution in [0.5, 0.6) is 0 Å². The Labute approximate surface area is 286 Å². The summed E-state index contributed by atoms with van der Waals surface area (Å²) in [6.07, 6.45) is -9.31. The molecule has 1 saturated carbocycles. The number of carbonyl (C=O) groups excluding carboxylic acids is 3. The van der Waals surface area contributed by atoms with Crippen LogP contribution in [0, 0.1) is 17.6 Å². The SMILES string of the molecule is O=C(CCC(F)(F)C(F)(F)F)Nc1c(F)ccc(NC(=O)c2cc(NCC(=O)[C@H]3[C@H](c4ccc(Cl)c(Cl)c4)C3(Cl)Cl)ccc2Cl)c1F. The van der Waals surface area contributed by atoms with Gasteiger partial charge in [-0.25, -0.2) is 8.78 Å². The van der Waals surface area contributed by atoms with E-state index >= 15 is 4.39 Å². The minimum atomic E-state index is -5.93. The Hall–Kier alpha value is -2.97. The van der Waals surface area contributed by atoms with Crippen molar-refractivity contribution in [3.05, 3.63) is 86.4 Å². The predicted octanol–water partition coefficient (Wildman–Crippen LogP) is 9.66. The first kappa shape index (κ1) is 36.9. The van der Waals surface area contributed by atoms with Gasteiger partial charge in [0, 0.05) is 24.4 Å². The van der Waals surface area contributed by atoms with Gasteiger partial charge in [-0.1, -0.05) is 40.9 Å². The third-order valence-corrected chi connectivity index (χ3v) is 9.07. The van der Waals surface area contributed by atoms with Gasteiger partial charge in [-0.3, -0.25) is 14.4 Å². The van der Waals surface area contributed by atoms with Crippen LogP contribution < -0.4 is 16.0 Å². The van der Waals surface area contributed by atoms with Gasteiger partial charge < -0.3 is 16.0 Å². The number of anilines is 3. The summed E-state index contributed by atoms with van der Waals surface area (Å²) < 4.78 is 91.2. The highest BCUT2D eigenvalue weighted by Crippen LogP contribution is 2.65. The molecule has 0 heterocycles. The molecule has 0 spiro atoms. The average molecular weight is 768 g/mol. The van der Waals surface area contributed by atoms with Gasteiger partial charge in [0.25, 0.3) is 5.91 Å². The second-order valence-corrected chi connectivity index (χ2v) is 13.0. The molecule has 0 saturated heterocycles. The third-order valence-electron chi connectivity index (χ3n) is 7.07. The molecule has 2 atom stereocenters.